The minimum Gasteiger partial charge on any atom is -0.481 e. The highest BCUT2D eigenvalue weighted by molar-refractivity contribution is 5.79. The average molecular weight is 469 g/mol. The van der Waals surface area contributed by atoms with Crippen molar-refractivity contribution in [2.45, 2.75) is 57.6 Å². The van der Waals surface area contributed by atoms with Crippen LogP contribution >= 0.6 is 0 Å². The van der Waals surface area contributed by atoms with E-state index >= 15 is 0 Å². The number of alkyl carbamates (subject to hydrolysis) is 2. The van der Waals surface area contributed by atoms with Crippen molar-refractivity contribution in [2.24, 2.45) is 0 Å². The van der Waals surface area contributed by atoms with Gasteiger partial charge >= 0.3 is 18.2 Å². The van der Waals surface area contributed by atoms with Crippen molar-refractivity contribution in [1.29, 1.82) is 0 Å². The molecule has 2 aromatic carbocycles. The maximum atomic E-state index is 12.5. The Morgan fingerprint density at radius 1 is 0.971 bits per heavy atom. The third-order valence-electron chi connectivity index (χ3n) is 5.48. The number of carboxylic acids is 1. The summed E-state index contributed by atoms with van der Waals surface area (Å²) in [5, 5.41) is 14.5. The molecule has 1 aliphatic carbocycles. The van der Waals surface area contributed by atoms with Gasteiger partial charge in [-0.2, -0.15) is 0 Å². The van der Waals surface area contributed by atoms with E-state index < -0.39 is 29.8 Å². The van der Waals surface area contributed by atoms with Crippen molar-refractivity contribution >= 4 is 18.2 Å². The summed E-state index contributed by atoms with van der Waals surface area (Å²) in [6.07, 6.45) is -0.593. The smallest absolute Gasteiger partial charge is 0.407 e. The zero-order chi connectivity index (χ0) is 24.7. The standard InChI is InChI=1S/C26H32N2O6/c1-26(2,3)34-24(31)27-14-8-9-17(15-23(29)30)28-25(32)33-16-22-20-12-6-4-10-18(20)19-11-5-7-13-21(19)22/h4-7,10-13,17,22H,8-9,14-16H2,1-3H3,(H,27,31)(H,28,32)(H,29,30)/t17-/m0/s1. The Morgan fingerprint density at radius 2 is 1.56 bits per heavy atom. The Hall–Kier alpha value is -3.55. The van der Waals surface area contributed by atoms with Gasteiger partial charge in [0.1, 0.15) is 12.2 Å². The molecule has 1 aliphatic rings. The predicted molar refractivity (Wildman–Crippen MR) is 128 cm³/mol. The number of hydrogen-bond donors (Lipinski definition) is 3. The highest BCUT2D eigenvalue weighted by Gasteiger charge is 2.29. The van der Waals surface area contributed by atoms with E-state index in [9.17, 15) is 19.5 Å². The van der Waals surface area contributed by atoms with Gasteiger partial charge in [-0.05, 0) is 55.9 Å². The van der Waals surface area contributed by atoms with Crippen LogP contribution in [-0.4, -0.2) is 48.1 Å². The van der Waals surface area contributed by atoms with Gasteiger partial charge in [-0.1, -0.05) is 48.5 Å². The van der Waals surface area contributed by atoms with Crippen LogP contribution in [0.5, 0.6) is 0 Å². The number of ether oxygens (including phenoxy) is 2. The van der Waals surface area contributed by atoms with E-state index in [4.69, 9.17) is 9.47 Å². The summed E-state index contributed by atoms with van der Waals surface area (Å²) in [7, 11) is 0. The van der Waals surface area contributed by atoms with Crippen LogP contribution in [0.25, 0.3) is 11.1 Å². The van der Waals surface area contributed by atoms with E-state index in [-0.39, 0.29) is 18.9 Å². The van der Waals surface area contributed by atoms with Gasteiger partial charge < -0.3 is 25.2 Å². The molecule has 8 nitrogen and oxygen atoms in total. The molecule has 3 N–H and O–H groups in total. The highest BCUT2D eigenvalue weighted by atomic mass is 16.6. The lowest BCUT2D eigenvalue weighted by Crippen LogP contribution is -2.38. The lowest BCUT2D eigenvalue weighted by molar-refractivity contribution is -0.137. The van der Waals surface area contributed by atoms with Gasteiger partial charge in [-0.15, -0.1) is 0 Å². The number of rotatable bonds is 9. The molecule has 0 spiro atoms. The maximum Gasteiger partial charge on any atom is 0.407 e. The molecule has 34 heavy (non-hydrogen) atoms. The molecule has 2 amide bonds. The molecule has 3 rings (SSSR count). The fraction of sp³-hybridized carbons (Fsp3) is 0.423. The van der Waals surface area contributed by atoms with Crippen LogP contribution in [0.2, 0.25) is 0 Å². The Kier molecular flexibility index (Phi) is 8.15. The molecule has 0 fully saturated rings. The van der Waals surface area contributed by atoms with Crippen molar-refractivity contribution in [2.75, 3.05) is 13.2 Å². The van der Waals surface area contributed by atoms with Gasteiger partial charge in [-0.3, -0.25) is 4.79 Å². The molecule has 2 aromatic rings. The normalized spacial score (nSPS) is 13.4. The topological polar surface area (TPSA) is 114 Å². The van der Waals surface area contributed by atoms with Crippen molar-refractivity contribution in [3.05, 3.63) is 59.7 Å². The third kappa shape index (κ3) is 6.97. The predicted octanol–water partition coefficient (Wildman–Crippen LogP) is 4.67. The first-order chi connectivity index (χ1) is 16.1. The molecule has 0 radical (unpaired) electrons. The quantitative estimate of drug-likeness (QED) is 0.461. The summed E-state index contributed by atoms with van der Waals surface area (Å²) in [5.74, 6) is -1.10. The summed E-state index contributed by atoms with van der Waals surface area (Å²) in [6.45, 7) is 5.77. The first-order valence-corrected chi connectivity index (χ1v) is 11.4. The average Bonchev–Trinajstić information content (AvgIpc) is 3.07. The SMILES string of the molecule is CC(C)(C)OC(=O)NCCC[C@@H](CC(=O)O)NC(=O)OCC1c2ccccc2-c2ccccc21. The van der Waals surface area contributed by atoms with E-state index in [1.54, 1.807) is 20.8 Å². The number of benzene rings is 2. The van der Waals surface area contributed by atoms with Crippen molar-refractivity contribution in [3.8, 4) is 11.1 Å². The van der Waals surface area contributed by atoms with Crippen LogP contribution in [0.15, 0.2) is 48.5 Å². The molecule has 0 bridgehead atoms. The van der Waals surface area contributed by atoms with Crippen molar-refractivity contribution in [1.82, 2.24) is 10.6 Å². The lowest BCUT2D eigenvalue weighted by Gasteiger charge is -2.20. The Morgan fingerprint density at radius 3 is 2.12 bits per heavy atom. The summed E-state index contributed by atoms with van der Waals surface area (Å²) >= 11 is 0. The molecule has 8 heteroatoms. The summed E-state index contributed by atoms with van der Waals surface area (Å²) < 4.78 is 10.7. The minimum absolute atomic E-state index is 0.0749. The second kappa shape index (κ2) is 11.0. The molecule has 0 heterocycles. The minimum atomic E-state index is -1.02. The van der Waals surface area contributed by atoms with Crippen LogP contribution in [0, 0.1) is 0 Å². The van der Waals surface area contributed by atoms with E-state index in [1.807, 2.05) is 36.4 Å². The number of aliphatic carboxylic acids is 1. The first kappa shape index (κ1) is 25.1. The monoisotopic (exact) mass is 468 g/mol. The summed E-state index contributed by atoms with van der Waals surface area (Å²) in [5.41, 5.74) is 3.88. The summed E-state index contributed by atoms with van der Waals surface area (Å²) in [4.78, 5) is 35.5. The van der Waals surface area contributed by atoms with Crippen LogP contribution < -0.4 is 10.6 Å². The largest absolute Gasteiger partial charge is 0.481 e. The molecule has 0 saturated carbocycles. The highest BCUT2D eigenvalue weighted by Crippen LogP contribution is 2.44. The van der Waals surface area contributed by atoms with Gasteiger partial charge in [0.05, 0.1) is 6.42 Å². The maximum absolute atomic E-state index is 12.5. The van der Waals surface area contributed by atoms with Gasteiger partial charge in [-0.25, -0.2) is 9.59 Å². The zero-order valence-electron chi connectivity index (χ0n) is 19.8. The molecule has 0 saturated heterocycles. The van der Waals surface area contributed by atoms with Crippen LogP contribution in [0.1, 0.15) is 57.1 Å². The van der Waals surface area contributed by atoms with E-state index in [2.05, 4.69) is 22.8 Å². The lowest BCUT2D eigenvalue weighted by atomic mass is 9.98. The van der Waals surface area contributed by atoms with E-state index in [0.29, 0.717) is 19.4 Å². The number of hydrogen-bond acceptors (Lipinski definition) is 5. The molecule has 1 atom stereocenters. The number of carbonyl (C=O) groups is 3. The molecule has 0 unspecified atom stereocenters. The van der Waals surface area contributed by atoms with Crippen LogP contribution in [0.4, 0.5) is 9.59 Å². The zero-order valence-corrected chi connectivity index (χ0v) is 19.8. The van der Waals surface area contributed by atoms with Gasteiger partial charge in [0.25, 0.3) is 0 Å². The fourth-order valence-electron chi connectivity index (χ4n) is 4.10. The Labute approximate surface area is 199 Å². The fourth-order valence-corrected chi connectivity index (χ4v) is 4.10. The van der Waals surface area contributed by atoms with Gasteiger partial charge in [0.2, 0.25) is 0 Å². The van der Waals surface area contributed by atoms with Crippen molar-refractivity contribution in [3.63, 3.8) is 0 Å². The van der Waals surface area contributed by atoms with Crippen LogP contribution in [-0.2, 0) is 14.3 Å². The molecular formula is C26H32N2O6. The Balaban J connectivity index is 1.51. The first-order valence-electron chi connectivity index (χ1n) is 11.4. The molecule has 0 aromatic heterocycles. The summed E-state index contributed by atoms with van der Waals surface area (Å²) in [6, 6.07) is 15.5. The van der Waals surface area contributed by atoms with E-state index in [1.165, 1.54) is 0 Å². The van der Waals surface area contributed by atoms with E-state index in [0.717, 1.165) is 22.3 Å². The number of fused-ring (bicyclic) bond motifs is 3. The third-order valence-corrected chi connectivity index (χ3v) is 5.48. The Bertz CT molecular complexity index is 984. The molecule has 182 valence electrons. The number of carbonyl (C=O) groups excluding carboxylic acids is 2. The second-order valence-corrected chi connectivity index (χ2v) is 9.34. The van der Waals surface area contributed by atoms with Gasteiger partial charge in [0, 0.05) is 18.5 Å². The number of carboxylic acid groups (broad SMARTS) is 1. The van der Waals surface area contributed by atoms with Crippen LogP contribution in [0.3, 0.4) is 0 Å². The molecule has 0 aliphatic heterocycles. The molecular weight excluding hydrogens is 436 g/mol. The van der Waals surface area contributed by atoms with Crippen molar-refractivity contribution < 1.29 is 29.0 Å². The number of nitrogens with one attached hydrogen (secondary N) is 2. The van der Waals surface area contributed by atoms with Gasteiger partial charge in [0.15, 0.2) is 0 Å². The second-order valence-electron chi connectivity index (χ2n) is 9.34. The number of amides is 2.